The van der Waals surface area contributed by atoms with E-state index < -0.39 is 11.9 Å². The minimum absolute atomic E-state index is 0.0624. The number of rotatable bonds is 11. The number of nitrogens with two attached hydrogens (primary N) is 1. The maximum absolute atomic E-state index is 12.0. The van der Waals surface area contributed by atoms with Crippen molar-refractivity contribution in [3.63, 3.8) is 0 Å². The van der Waals surface area contributed by atoms with Crippen LogP contribution >= 0.6 is 0 Å². The number of carbonyl (C=O) groups excluding carboxylic acids is 2. The van der Waals surface area contributed by atoms with Crippen molar-refractivity contribution in [2.45, 2.75) is 79.3 Å². The Morgan fingerprint density at radius 1 is 1.06 bits per heavy atom. The lowest BCUT2D eigenvalue weighted by Crippen LogP contribution is -2.51. The molecule has 4 aliphatic rings. The van der Waals surface area contributed by atoms with Crippen LogP contribution in [-0.4, -0.2) is 76.2 Å². The van der Waals surface area contributed by atoms with E-state index in [1.807, 2.05) is 87.3 Å². The summed E-state index contributed by atoms with van der Waals surface area (Å²) in [4.78, 5) is 27.4. The first-order chi connectivity index (χ1) is 24.9. The summed E-state index contributed by atoms with van der Waals surface area (Å²) in [6.45, 7) is 13.5. The zero-order chi connectivity index (χ0) is 38.4. The molecule has 3 aromatic carbocycles. The predicted molar refractivity (Wildman–Crippen MR) is 216 cm³/mol. The summed E-state index contributed by atoms with van der Waals surface area (Å²) in [6.07, 6.45) is 7.22. The fourth-order valence-electron chi connectivity index (χ4n) is 8.31. The molecule has 1 amide bonds. The summed E-state index contributed by atoms with van der Waals surface area (Å²) >= 11 is 0. The molecular formula is C44H66N4O4. The zero-order valence-electron chi connectivity index (χ0n) is 33.3. The number of hydrogen-bond acceptors (Lipinski definition) is 7. The number of ether oxygens (including phenoxy) is 1. The highest BCUT2D eigenvalue weighted by Crippen LogP contribution is 2.61. The molecule has 4 N–H and O–H groups in total. The Bertz CT molecular complexity index is 1540. The predicted octanol–water partition coefficient (Wildman–Crippen LogP) is 7.46. The standard InChI is InChI=1S/C23H29N3O4.C10H18.C9H13N.C2H6/c1-25(2)19-10-15(13-27)9-18(11-19)20-6-4-5-16(22(20)30-3)12-26-8-7-17(14-28)21(26)23(24)29;1-7-4-5-8-6-9(7)10(8,2)3;1-10-8-7-9-5-3-2-4-6-9;1-2/h4-6,9-11,13,17,21,28H,7-8,12,14H2,1-3H3,(H2,24,29);7-9H,4-6H2,1-3H3;2-6,10H,7-8H2,1H3;1-2H3. The summed E-state index contributed by atoms with van der Waals surface area (Å²) in [5.41, 5.74) is 11.9. The van der Waals surface area contributed by atoms with E-state index in [0.717, 1.165) is 65.8 Å². The van der Waals surface area contributed by atoms with Gasteiger partial charge in [-0.2, -0.15) is 0 Å². The van der Waals surface area contributed by atoms with Crippen LogP contribution in [0.25, 0.3) is 11.1 Å². The SMILES string of the molecule is CC.CC1CCC2CC1C2(C)C.CNCCc1ccccc1.COc1c(CN2CCC(CO)C2C(N)=O)cccc1-c1cc(C=O)cc(N(C)C)c1. The number of aliphatic hydroxyl groups is 1. The number of amides is 1. The number of methoxy groups -OCH3 is 1. The number of para-hydroxylation sites is 1. The normalized spacial score (nSPS) is 22.5. The van der Waals surface area contributed by atoms with Crippen molar-refractivity contribution in [2.75, 3.05) is 52.8 Å². The molecular weight excluding hydrogens is 649 g/mol. The molecule has 0 spiro atoms. The third-order valence-electron chi connectivity index (χ3n) is 11.4. The van der Waals surface area contributed by atoms with Gasteiger partial charge >= 0.3 is 0 Å². The first-order valence-electron chi connectivity index (χ1n) is 19.2. The molecule has 4 fully saturated rings. The summed E-state index contributed by atoms with van der Waals surface area (Å²) in [7, 11) is 7.44. The lowest BCUT2D eigenvalue weighted by atomic mass is 9.46. The molecule has 8 heteroatoms. The molecule has 3 saturated carbocycles. The number of nitrogens with zero attached hydrogens (tertiary/aromatic N) is 2. The fourth-order valence-corrected chi connectivity index (χ4v) is 8.31. The van der Waals surface area contributed by atoms with E-state index in [2.05, 4.69) is 50.4 Å². The summed E-state index contributed by atoms with van der Waals surface area (Å²) in [5.74, 6) is 3.28. The number of aldehydes is 1. The Morgan fingerprint density at radius 2 is 1.77 bits per heavy atom. The topological polar surface area (TPSA) is 108 Å². The van der Waals surface area contributed by atoms with Crippen LogP contribution < -0.4 is 20.7 Å². The molecule has 7 rings (SSSR count). The van der Waals surface area contributed by atoms with Gasteiger partial charge in [-0.25, -0.2) is 0 Å². The number of fused-ring (bicyclic) bond motifs is 2. The van der Waals surface area contributed by atoms with E-state index >= 15 is 0 Å². The number of anilines is 1. The lowest BCUT2D eigenvalue weighted by Gasteiger charge is -2.59. The minimum Gasteiger partial charge on any atom is -0.496 e. The minimum atomic E-state index is -0.498. The van der Waals surface area contributed by atoms with Crippen molar-refractivity contribution in [1.29, 1.82) is 0 Å². The van der Waals surface area contributed by atoms with Crippen molar-refractivity contribution in [3.05, 3.63) is 83.4 Å². The van der Waals surface area contributed by atoms with Crippen LogP contribution in [0.4, 0.5) is 5.69 Å². The van der Waals surface area contributed by atoms with Gasteiger partial charge in [0.15, 0.2) is 0 Å². The monoisotopic (exact) mass is 715 g/mol. The summed E-state index contributed by atoms with van der Waals surface area (Å²) in [5, 5.41) is 12.7. The van der Waals surface area contributed by atoms with Crippen LogP contribution in [0.3, 0.4) is 0 Å². The number of benzene rings is 3. The quantitative estimate of drug-likeness (QED) is 0.177. The molecule has 5 unspecified atom stereocenters. The van der Waals surface area contributed by atoms with Gasteiger partial charge in [0.05, 0.1) is 13.2 Å². The van der Waals surface area contributed by atoms with E-state index in [1.165, 1.54) is 24.8 Å². The van der Waals surface area contributed by atoms with Crippen LogP contribution in [0.15, 0.2) is 66.7 Å². The van der Waals surface area contributed by atoms with E-state index in [0.29, 0.717) is 29.8 Å². The maximum Gasteiger partial charge on any atom is 0.235 e. The molecule has 1 heterocycles. The van der Waals surface area contributed by atoms with E-state index in [1.54, 1.807) is 7.11 Å². The van der Waals surface area contributed by atoms with Crippen LogP contribution in [0.1, 0.15) is 81.8 Å². The number of likely N-dealkylation sites (tertiary alicyclic amines) is 1. The van der Waals surface area contributed by atoms with E-state index in [4.69, 9.17) is 10.5 Å². The molecule has 0 aromatic heterocycles. The molecule has 52 heavy (non-hydrogen) atoms. The smallest absolute Gasteiger partial charge is 0.235 e. The highest BCUT2D eigenvalue weighted by atomic mass is 16.5. The van der Waals surface area contributed by atoms with Gasteiger partial charge in [0.25, 0.3) is 0 Å². The number of nitrogens with one attached hydrogen (secondary N) is 1. The fraction of sp³-hybridized carbons (Fsp3) is 0.545. The second-order valence-corrected chi connectivity index (χ2v) is 15.1. The third-order valence-corrected chi connectivity index (χ3v) is 11.4. The molecule has 0 radical (unpaired) electrons. The van der Waals surface area contributed by atoms with Crippen LogP contribution in [0, 0.1) is 29.1 Å². The average Bonchev–Trinajstić information content (AvgIpc) is 3.58. The summed E-state index contributed by atoms with van der Waals surface area (Å²) in [6, 6.07) is 21.5. The molecule has 286 valence electrons. The second kappa shape index (κ2) is 20.5. The first-order valence-corrected chi connectivity index (χ1v) is 19.2. The first kappa shape index (κ1) is 42.7. The Morgan fingerprint density at radius 3 is 2.29 bits per heavy atom. The van der Waals surface area contributed by atoms with Gasteiger partial charge in [0, 0.05) is 55.5 Å². The highest BCUT2D eigenvalue weighted by molar-refractivity contribution is 5.84. The van der Waals surface area contributed by atoms with Gasteiger partial charge in [-0.1, -0.05) is 89.6 Å². The average molecular weight is 715 g/mol. The Hall–Kier alpha value is -3.72. The number of aliphatic hydroxyl groups excluding tert-OH is 1. The maximum atomic E-state index is 12.0. The Kier molecular flexibility index (Phi) is 16.8. The van der Waals surface area contributed by atoms with Crippen LogP contribution in [0.2, 0.25) is 0 Å². The van der Waals surface area contributed by atoms with Gasteiger partial charge in [-0.05, 0) is 98.3 Å². The number of hydrogen-bond donors (Lipinski definition) is 3. The van der Waals surface area contributed by atoms with E-state index in [-0.39, 0.29) is 12.5 Å². The molecule has 1 saturated heterocycles. The van der Waals surface area contributed by atoms with E-state index in [9.17, 15) is 14.7 Å². The van der Waals surface area contributed by atoms with Crippen LogP contribution in [0.5, 0.6) is 5.75 Å². The molecule has 3 aromatic rings. The number of carbonyl (C=O) groups is 2. The van der Waals surface area contributed by atoms with Crippen molar-refractivity contribution in [3.8, 4) is 16.9 Å². The van der Waals surface area contributed by atoms with Crippen molar-refractivity contribution in [2.24, 2.45) is 34.8 Å². The molecule has 3 aliphatic carbocycles. The molecule has 8 nitrogen and oxygen atoms in total. The Balaban J connectivity index is 0.000000267. The highest BCUT2D eigenvalue weighted by Gasteiger charge is 2.52. The third kappa shape index (κ3) is 10.7. The number of primary amides is 1. The molecule has 1 aliphatic heterocycles. The van der Waals surface area contributed by atoms with Gasteiger partial charge in [-0.3, -0.25) is 14.5 Å². The molecule has 2 bridgehead atoms. The van der Waals surface area contributed by atoms with Gasteiger partial charge in [-0.15, -0.1) is 0 Å². The zero-order valence-corrected chi connectivity index (χ0v) is 33.3. The van der Waals surface area contributed by atoms with Crippen molar-refractivity contribution < 1.29 is 19.4 Å². The lowest BCUT2D eigenvalue weighted by molar-refractivity contribution is -0.124. The van der Waals surface area contributed by atoms with Crippen LogP contribution in [-0.2, 0) is 17.8 Å². The largest absolute Gasteiger partial charge is 0.496 e. The van der Waals surface area contributed by atoms with Gasteiger partial charge < -0.3 is 25.8 Å². The molecule has 5 atom stereocenters. The van der Waals surface area contributed by atoms with Crippen molar-refractivity contribution in [1.82, 2.24) is 10.2 Å². The number of likely N-dealkylation sites (N-methyl/N-ethyl adjacent to an activating group) is 1. The Labute approximate surface area is 314 Å². The van der Waals surface area contributed by atoms with Gasteiger partial charge in [0.1, 0.15) is 12.0 Å². The van der Waals surface area contributed by atoms with Gasteiger partial charge in [0.2, 0.25) is 5.91 Å². The summed E-state index contributed by atoms with van der Waals surface area (Å²) < 4.78 is 5.77. The van der Waals surface area contributed by atoms with Crippen molar-refractivity contribution >= 4 is 17.9 Å². The second-order valence-electron chi connectivity index (χ2n) is 15.1.